The molecule has 0 bridgehead atoms. The van der Waals surface area contributed by atoms with Gasteiger partial charge in [0.1, 0.15) is 5.60 Å². The predicted octanol–water partition coefficient (Wildman–Crippen LogP) is 3.29. The zero-order chi connectivity index (χ0) is 12.0. The summed E-state index contributed by atoms with van der Waals surface area (Å²) < 4.78 is 5.09. The van der Waals surface area contributed by atoms with Crippen molar-refractivity contribution in [3.8, 4) is 0 Å². The van der Waals surface area contributed by atoms with E-state index in [0.29, 0.717) is 6.54 Å². The fraction of sp³-hybridized carbons (Fsp3) is 0.417. The monoisotopic (exact) mass is 239 g/mol. The lowest BCUT2D eigenvalue weighted by Gasteiger charge is -2.19. The summed E-state index contributed by atoms with van der Waals surface area (Å²) in [5.41, 5.74) is 0.706. The third-order valence-electron chi connectivity index (χ3n) is 1.62. The van der Waals surface area contributed by atoms with Crippen LogP contribution in [-0.2, 0) is 4.74 Å². The molecule has 0 aliphatic heterocycles. The number of hydrogen-bond donors (Lipinski definition) is 1. The molecule has 1 rings (SSSR count). The highest BCUT2D eigenvalue weighted by Crippen LogP contribution is 2.07. The van der Waals surface area contributed by atoms with Crippen LogP contribution in [-0.4, -0.2) is 18.2 Å². The fourth-order valence-corrected chi connectivity index (χ4v) is 1.65. The number of hydrogen-bond acceptors (Lipinski definition) is 3. The number of alkyl carbamates (subject to hydrolysis) is 1. The van der Waals surface area contributed by atoms with Crippen molar-refractivity contribution in [3.05, 3.63) is 28.5 Å². The van der Waals surface area contributed by atoms with Crippen LogP contribution in [0.1, 0.15) is 26.3 Å². The summed E-state index contributed by atoms with van der Waals surface area (Å²) in [6.45, 7) is 6.00. The van der Waals surface area contributed by atoms with E-state index in [-0.39, 0.29) is 6.09 Å². The van der Waals surface area contributed by atoms with Crippen LogP contribution in [0.25, 0.3) is 6.08 Å². The van der Waals surface area contributed by atoms with E-state index < -0.39 is 5.60 Å². The molecule has 1 aromatic rings. The maximum atomic E-state index is 11.3. The zero-order valence-electron chi connectivity index (χ0n) is 9.82. The smallest absolute Gasteiger partial charge is 0.407 e. The molecule has 0 spiro atoms. The van der Waals surface area contributed by atoms with E-state index >= 15 is 0 Å². The van der Waals surface area contributed by atoms with Gasteiger partial charge in [-0.3, -0.25) is 0 Å². The maximum Gasteiger partial charge on any atom is 0.407 e. The van der Waals surface area contributed by atoms with Gasteiger partial charge in [0.2, 0.25) is 0 Å². The molecule has 1 aromatic heterocycles. The van der Waals surface area contributed by atoms with Gasteiger partial charge in [-0.1, -0.05) is 12.2 Å². The van der Waals surface area contributed by atoms with Gasteiger partial charge in [-0.05, 0) is 43.2 Å². The molecule has 0 unspecified atom stereocenters. The summed E-state index contributed by atoms with van der Waals surface area (Å²) in [7, 11) is 0. The number of carbonyl (C=O) groups excluding carboxylic acids is 1. The molecular formula is C12H17NO2S. The molecule has 0 saturated carbocycles. The van der Waals surface area contributed by atoms with Gasteiger partial charge in [0.25, 0.3) is 0 Å². The summed E-state index contributed by atoms with van der Waals surface area (Å²) in [6.07, 6.45) is 3.47. The molecule has 0 atom stereocenters. The molecule has 88 valence electrons. The van der Waals surface area contributed by atoms with Crippen LogP contribution in [0.2, 0.25) is 0 Å². The summed E-state index contributed by atoms with van der Waals surface area (Å²) in [6, 6.07) is 2.02. The van der Waals surface area contributed by atoms with Crippen molar-refractivity contribution >= 4 is 23.5 Å². The van der Waals surface area contributed by atoms with Crippen LogP contribution >= 0.6 is 11.3 Å². The highest BCUT2D eigenvalue weighted by molar-refractivity contribution is 7.08. The first-order chi connectivity index (χ1) is 7.47. The standard InChI is InChI=1S/C12H17NO2S/c1-12(2,3)15-11(14)13-7-4-5-10-6-8-16-9-10/h4-6,8-9H,7H2,1-3H3,(H,13,14). The zero-order valence-corrected chi connectivity index (χ0v) is 10.6. The third kappa shape index (κ3) is 5.56. The molecule has 16 heavy (non-hydrogen) atoms. The fourth-order valence-electron chi connectivity index (χ4n) is 1.02. The third-order valence-corrected chi connectivity index (χ3v) is 2.32. The molecule has 1 amide bonds. The van der Waals surface area contributed by atoms with Gasteiger partial charge in [0.15, 0.2) is 0 Å². The quantitative estimate of drug-likeness (QED) is 0.879. The van der Waals surface area contributed by atoms with Crippen molar-refractivity contribution in [1.29, 1.82) is 0 Å². The van der Waals surface area contributed by atoms with Crippen molar-refractivity contribution in [2.24, 2.45) is 0 Å². The maximum absolute atomic E-state index is 11.3. The Balaban J connectivity index is 2.23. The highest BCUT2D eigenvalue weighted by atomic mass is 32.1. The highest BCUT2D eigenvalue weighted by Gasteiger charge is 2.14. The largest absolute Gasteiger partial charge is 0.444 e. The Labute approximate surface area is 100 Å². The number of thiophene rings is 1. The van der Waals surface area contributed by atoms with Gasteiger partial charge < -0.3 is 10.1 Å². The topological polar surface area (TPSA) is 38.3 Å². The Morgan fingerprint density at radius 3 is 2.88 bits per heavy atom. The first-order valence-corrected chi connectivity index (χ1v) is 6.07. The predicted molar refractivity (Wildman–Crippen MR) is 67.6 cm³/mol. The van der Waals surface area contributed by atoms with E-state index in [2.05, 4.69) is 5.32 Å². The molecule has 0 radical (unpaired) electrons. The van der Waals surface area contributed by atoms with Crippen molar-refractivity contribution in [3.63, 3.8) is 0 Å². The Morgan fingerprint density at radius 1 is 1.56 bits per heavy atom. The Morgan fingerprint density at radius 2 is 2.31 bits per heavy atom. The van der Waals surface area contributed by atoms with E-state index in [0.717, 1.165) is 5.56 Å². The van der Waals surface area contributed by atoms with E-state index in [1.165, 1.54) is 0 Å². The second-order valence-corrected chi connectivity index (χ2v) is 5.12. The van der Waals surface area contributed by atoms with E-state index in [1.54, 1.807) is 11.3 Å². The van der Waals surface area contributed by atoms with Crippen molar-refractivity contribution in [1.82, 2.24) is 5.32 Å². The molecule has 3 nitrogen and oxygen atoms in total. The lowest BCUT2D eigenvalue weighted by Crippen LogP contribution is -2.32. The molecule has 1 heterocycles. The molecule has 0 aliphatic rings. The number of rotatable bonds is 3. The van der Waals surface area contributed by atoms with Crippen molar-refractivity contribution < 1.29 is 9.53 Å². The van der Waals surface area contributed by atoms with Crippen LogP contribution in [0.3, 0.4) is 0 Å². The van der Waals surface area contributed by atoms with Crippen LogP contribution in [0, 0.1) is 0 Å². The van der Waals surface area contributed by atoms with E-state index in [4.69, 9.17) is 4.74 Å². The molecule has 4 heteroatoms. The molecular weight excluding hydrogens is 222 g/mol. The minimum Gasteiger partial charge on any atom is -0.444 e. The Hall–Kier alpha value is -1.29. The second-order valence-electron chi connectivity index (χ2n) is 4.34. The summed E-state index contributed by atoms with van der Waals surface area (Å²) in [5.74, 6) is 0. The van der Waals surface area contributed by atoms with Crippen molar-refractivity contribution in [2.45, 2.75) is 26.4 Å². The second kappa shape index (κ2) is 5.70. The van der Waals surface area contributed by atoms with Crippen molar-refractivity contribution in [2.75, 3.05) is 6.54 Å². The summed E-state index contributed by atoms with van der Waals surface area (Å²) in [5, 5.41) is 6.72. The lowest BCUT2D eigenvalue weighted by molar-refractivity contribution is 0.0534. The molecule has 0 fully saturated rings. The van der Waals surface area contributed by atoms with Crippen LogP contribution in [0.5, 0.6) is 0 Å². The number of nitrogens with one attached hydrogen (secondary N) is 1. The van der Waals surface area contributed by atoms with E-state index in [9.17, 15) is 4.79 Å². The average molecular weight is 239 g/mol. The van der Waals surface area contributed by atoms with Gasteiger partial charge in [-0.15, -0.1) is 0 Å². The van der Waals surface area contributed by atoms with Crippen LogP contribution in [0.4, 0.5) is 4.79 Å². The Bertz CT molecular complexity index is 350. The first kappa shape index (κ1) is 12.8. The summed E-state index contributed by atoms with van der Waals surface area (Å²) in [4.78, 5) is 11.3. The molecule has 1 N–H and O–H groups in total. The number of ether oxygens (including phenoxy) is 1. The van der Waals surface area contributed by atoms with Gasteiger partial charge in [-0.2, -0.15) is 11.3 Å². The number of amides is 1. The minimum atomic E-state index is -0.443. The van der Waals surface area contributed by atoms with Crippen LogP contribution in [0.15, 0.2) is 22.9 Å². The van der Waals surface area contributed by atoms with Gasteiger partial charge in [-0.25, -0.2) is 4.79 Å². The SMILES string of the molecule is CC(C)(C)OC(=O)NCC=Cc1ccsc1. The van der Waals surface area contributed by atoms with Crippen LogP contribution < -0.4 is 5.32 Å². The first-order valence-electron chi connectivity index (χ1n) is 5.13. The normalized spacial score (nSPS) is 11.7. The number of carbonyl (C=O) groups is 1. The van der Waals surface area contributed by atoms with E-state index in [1.807, 2.05) is 49.7 Å². The van der Waals surface area contributed by atoms with Gasteiger partial charge in [0, 0.05) is 6.54 Å². The minimum absolute atomic E-state index is 0.387. The molecule has 0 aliphatic carbocycles. The Kier molecular flexibility index (Phi) is 4.55. The molecule has 0 saturated heterocycles. The summed E-state index contributed by atoms with van der Waals surface area (Å²) >= 11 is 1.65. The lowest BCUT2D eigenvalue weighted by atomic mass is 10.2. The van der Waals surface area contributed by atoms with Gasteiger partial charge in [0.05, 0.1) is 0 Å². The van der Waals surface area contributed by atoms with Gasteiger partial charge >= 0.3 is 6.09 Å². The average Bonchev–Trinajstić information content (AvgIpc) is 2.62. The molecule has 0 aromatic carbocycles.